The highest BCUT2D eigenvalue weighted by Crippen LogP contribution is 2.21. The zero-order chi connectivity index (χ0) is 18.1. The monoisotopic (exact) mass is 347 g/mol. The number of aryl methyl sites for hydroxylation is 1. The van der Waals surface area contributed by atoms with E-state index in [9.17, 15) is 14.0 Å². The molecule has 1 aliphatic rings. The summed E-state index contributed by atoms with van der Waals surface area (Å²) in [6.07, 6.45) is -1.02. The van der Waals surface area contributed by atoms with Gasteiger partial charge in [-0.1, -0.05) is 0 Å². The summed E-state index contributed by atoms with van der Waals surface area (Å²) in [6, 6.07) is 5.82. The van der Waals surface area contributed by atoms with Crippen molar-refractivity contribution in [3.63, 3.8) is 0 Å². The Kier molecular flexibility index (Phi) is 4.54. The summed E-state index contributed by atoms with van der Waals surface area (Å²) in [6.45, 7) is 3.96. The maximum absolute atomic E-state index is 13.1. The largest absolute Gasteiger partial charge is 0.479 e. The van der Waals surface area contributed by atoms with Gasteiger partial charge in [-0.05, 0) is 38.1 Å². The second-order valence-corrected chi connectivity index (χ2v) is 5.88. The van der Waals surface area contributed by atoms with Crippen LogP contribution < -0.4 is 0 Å². The van der Waals surface area contributed by atoms with Crippen molar-refractivity contribution in [2.75, 3.05) is 19.7 Å². The molecule has 0 spiro atoms. The molecule has 25 heavy (non-hydrogen) atoms. The van der Waals surface area contributed by atoms with E-state index in [1.807, 2.05) is 0 Å². The summed E-state index contributed by atoms with van der Waals surface area (Å²) in [5, 5.41) is 13.5. The summed E-state index contributed by atoms with van der Waals surface area (Å²) in [4.78, 5) is 25.4. The molecule has 1 aliphatic heterocycles. The van der Waals surface area contributed by atoms with E-state index in [4.69, 9.17) is 9.84 Å². The molecule has 2 heterocycles. The second kappa shape index (κ2) is 6.64. The number of carboxylic acid groups (broad SMARTS) is 1. The van der Waals surface area contributed by atoms with Gasteiger partial charge in [-0.2, -0.15) is 5.10 Å². The third-order valence-electron chi connectivity index (χ3n) is 4.21. The molecule has 1 aromatic carbocycles. The normalized spacial score (nSPS) is 17.6. The van der Waals surface area contributed by atoms with Crippen LogP contribution in [0.2, 0.25) is 0 Å². The second-order valence-electron chi connectivity index (χ2n) is 5.88. The number of halogens is 1. The number of aromatic nitrogens is 2. The van der Waals surface area contributed by atoms with Crippen LogP contribution in [0.5, 0.6) is 0 Å². The quantitative estimate of drug-likeness (QED) is 0.911. The van der Waals surface area contributed by atoms with Crippen molar-refractivity contribution in [2.45, 2.75) is 20.0 Å². The molecule has 1 atom stereocenters. The van der Waals surface area contributed by atoms with E-state index in [2.05, 4.69) is 5.10 Å². The van der Waals surface area contributed by atoms with Crippen molar-refractivity contribution < 1.29 is 23.8 Å². The van der Waals surface area contributed by atoms with Gasteiger partial charge in [-0.15, -0.1) is 0 Å². The van der Waals surface area contributed by atoms with Gasteiger partial charge in [0.05, 0.1) is 35.8 Å². The lowest BCUT2D eigenvalue weighted by Crippen LogP contribution is -2.48. The van der Waals surface area contributed by atoms with Crippen molar-refractivity contribution in [1.82, 2.24) is 14.7 Å². The third kappa shape index (κ3) is 3.25. The van der Waals surface area contributed by atoms with Crippen LogP contribution in [0.4, 0.5) is 4.39 Å². The molecule has 1 amide bonds. The van der Waals surface area contributed by atoms with Crippen molar-refractivity contribution in [1.29, 1.82) is 0 Å². The fourth-order valence-corrected chi connectivity index (χ4v) is 2.93. The Morgan fingerprint density at radius 1 is 1.28 bits per heavy atom. The van der Waals surface area contributed by atoms with Gasteiger partial charge in [0.2, 0.25) is 0 Å². The van der Waals surface area contributed by atoms with Gasteiger partial charge in [0, 0.05) is 6.54 Å². The topological polar surface area (TPSA) is 84.7 Å². The molecule has 0 aliphatic carbocycles. The number of rotatable bonds is 3. The summed E-state index contributed by atoms with van der Waals surface area (Å²) in [5.74, 6) is -1.72. The van der Waals surface area contributed by atoms with Crippen molar-refractivity contribution in [3.8, 4) is 5.69 Å². The Balaban J connectivity index is 1.91. The highest BCUT2D eigenvalue weighted by atomic mass is 19.1. The Morgan fingerprint density at radius 3 is 2.60 bits per heavy atom. The summed E-state index contributed by atoms with van der Waals surface area (Å²) < 4.78 is 19.8. The van der Waals surface area contributed by atoms with E-state index in [1.165, 1.54) is 17.0 Å². The maximum atomic E-state index is 13.1. The minimum Gasteiger partial charge on any atom is -0.479 e. The number of benzene rings is 1. The van der Waals surface area contributed by atoms with E-state index in [0.29, 0.717) is 29.2 Å². The fourth-order valence-electron chi connectivity index (χ4n) is 2.93. The van der Waals surface area contributed by atoms with Crippen LogP contribution >= 0.6 is 0 Å². The van der Waals surface area contributed by atoms with Gasteiger partial charge in [0.1, 0.15) is 5.82 Å². The Labute approximate surface area is 143 Å². The number of aliphatic carboxylic acids is 1. The van der Waals surface area contributed by atoms with Crippen molar-refractivity contribution in [2.24, 2.45) is 0 Å². The van der Waals surface area contributed by atoms with Gasteiger partial charge in [0.25, 0.3) is 5.91 Å². The predicted octanol–water partition coefficient (Wildman–Crippen LogP) is 1.55. The Bertz CT molecular complexity index is 816. The molecule has 3 rings (SSSR count). The lowest BCUT2D eigenvalue weighted by Gasteiger charge is -2.31. The average Bonchev–Trinajstić information content (AvgIpc) is 2.89. The fraction of sp³-hybridized carbons (Fsp3) is 0.353. The third-order valence-corrected chi connectivity index (χ3v) is 4.21. The smallest absolute Gasteiger partial charge is 0.334 e. The number of morpholine rings is 1. The molecule has 1 saturated heterocycles. The zero-order valence-electron chi connectivity index (χ0n) is 13.9. The van der Waals surface area contributed by atoms with Crippen LogP contribution in [0, 0.1) is 19.7 Å². The molecular formula is C17H18FN3O4. The lowest BCUT2D eigenvalue weighted by atomic mass is 10.1. The molecule has 0 radical (unpaired) electrons. The van der Waals surface area contributed by atoms with Gasteiger partial charge in [-0.3, -0.25) is 4.79 Å². The Hall–Kier alpha value is -2.74. The maximum Gasteiger partial charge on any atom is 0.334 e. The molecule has 0 bridgehead atoms. The van der Waals surface area contributed by atoms with Crippen LogP contribution in [0.1, 0.15) is 21.7 Å². The van der Waals surface area contributed by atoms with Crippen molar-refractivity contribution in [3.05, 3.63) is 47.0 Å². The van der Waals surface area contributed by atoms with Gasteiger partial charge in [0.15, 0.2) is 6.10 Å². The number of ether oxygens (including phenoxy) is 1. The number of hydrogen-bond acceptors (Lipinski definition) is 4. The van der Waals surface area contributed by atoms with Crippen LogP contribution in [-0.4, -0.2) is 57.5 Å². The highest BCUT2D eigenvalue weighted by molar-refractivity contribution is 5.97. The van der Waals surface area contributed by atoms with Crippen LogP contribution in [0.15, 0.2) is 24.3 Å². The summed E-state index contributed by atoms with van der Waals surface area (Å²) >= 11 is 0. The standard InChI is InChI=1S/C17H18FN3O4/c1-10-15(16(22)20-7-8-25-14(9-20)17(23)24)11(2)21(19-10)13-5-3-12(18)4-6-13/h3-6,14H,7-9H2,1-2H3,(H,23,24)/t14-/m0/s1. The summed E-state index contributed by atoms with van der Waals surface area (Å²) in [7, 11) is 0. The first-order chi connectivity index (χ1) is 11.9. The molecule has 8 heteroatoms. The van der Waals surface area contributed by atoms with E-state index in [0.717, 1.165) is 0 Å². The lowest BCUT2D eigenvalue weighted by molar-refractivity contribution is -0.154. The first kappa shape index (κ1) is 17.1. The number of amides is 1. The van der Waals surface area contributed by atoms with Gasteiger partial charge >= 0.3 is 5.97 Å². The molecule has 7 nitrogen and oxygen atoms in total. The van der Waals surface area contributed by atoms with Crippen molar-refractivity contribution >= 4 is 11.9 Å². The predicted molar refractivity (Wildman–Crippen MR) is 86.3 cm³/mol. The van der Waals surface area contributed by atoms with Gasteiger partial charge in [-0.25, -0.2) is 13.9 Å². The molecule has 1 aromatic heterocycles. The minimum atomic E-state index is -1.09. The molecule has 0 saturated carbocycles. The Morgan fingerprint density at radius 2 is 1.96 bits per heavy atom. The molecule has 1 N–H and O–H groups in total. The SMILES string of the molecule is Cc1nn(-c2ccc(F)cc2)c(C)c1C(=O)N1CCO[C@H](C(=O)O)C1. The number of hydrogen-bond donors (Lipinski definition) is 1. The first-order valence-corrected chi connectivity index (χ1v) is 7.84. The molecular weight excluding hydrogens is 329 g/mol. The average molecular weight is 347 g/mol. The van der Waals surface area contributed by atoms with E-state index in [1.54, 1.807) is 30.7 Å². The number of nitrogens with zero attached hydrogens (tertiary/aromatic N) is 3. The number of carboxylic acids is 1. The zero-order valence-corrected chi connectivity index (χ0v) is 13.9. The first-order valence-electron chi connectivity index (χ1n) is 7.84. The van der Waals surface area contributed by atoms with E-state index in [-0.39, 0.29) is 24.9 Å². The number of carbonyl (C=O) groups excluding carboxylic acids is 1. The minimum absolute atomic E-state index is 0.00518. The highest BCUT2D eigenvalue weighted by Gasteiger charge is 2.32. The van der Waals surface area contributed by atoms with E-state index < -0.39 is 12.1 Å². The van der Waals surface area contributed by atoms with Gasteiger partial charge < -0.3 is 14.7 Å². The molecule has 2 aromatic rings. The van der Waals surface area contributed by atoms with E-state index >= 15 is 0 Å². The van der Waals surface area contributed by atoms with Crippen LogP contribution in [0.25, 0.3) is 5.69 Å². The number of carbonyl (C=O) groups is 2. The van der Waals surface area contributed by atoms with Crippen LogP contribution in [-0.2, 0) is 9.53 Å². The molecule has 132 valence electrons. The molecule has 0 unspecified atom stereocenters. The molecule has 1 fully saturated rings. The van der Waals surface area contributed by atoms with Crippen LogP contribution in [0.3, 0.4) is 0 Å². The summed E-state index contributed by atoms with van der Waals surface area (Å²) in [5.41, 5.74) is 2.22.